The second kappa shape index (κ2) is 8.14. The van der Waals surface area contributed by atoms with Gasteiger partial charge in [-0.05, 0) is 48.2 Å². The molecule has 4 aromatic carbocycles. The summed E-state index contributed by atoms with van der Waals surface area (Å²) in [5, 5.41) is 5.53. The van der Waals surface area contributed by atoms with E-state index in [1.165, 1.54) is 10.9 Å². The molecule has 8 aromatic rings. The molecular weight excluding hydrogens is 492 g/mol. The molecule has 188 valence electrons. The summed E-state index contributed by atoms with van der Waals surface area (Å²) in [5.41, 5.74) is 10.1. The molecule has 1 aliphatic carbocycles. The Morgan fingerprint density at radius 3 is 1.93 bits per heavy atom. The van der Waals surface area contributed by atoms with Crippen LogP contribution in [0, 0.1) is 0 Å². The maximum Gasteiger partial charge on any atom is 0.143 e. The van der Waals surface area contributed by atoms with Gasteiger partial charge in [0.05, 0.1) is 11.0 Å². The smallest absolute Gasteiger partial charge is 0.143 e. The summed E-state index contributed by atoms with van der Waals surface area (Å²) in [6, 6.07) is 29.5. The maximum atomic E-state index is 6.42. The predicted octanol–water partition coefficient (Wildman–Crippen LogP) is 9.72. The van der Waals surface area contributed by atoms with E-state index in [1.54, 1.807) is 0 Å². The molecule has 4 aromatic heterocycles. The van der Waals surface area contributed by atoms with Crippen molar-refractivity contribution in [1.29, 1.82) is 0 Å². The van der Waals surface area contributed by atoms with Gasteiger partial charge >= 0.3 is 0 Å². The lowest BCUT2D eigenvalue weighted by atomic mass is 9.94. The van der Waals surface area contributed by atoms with Gasteiger partial charge in [0.15, 0.2) is 0 Å². The van der Waals surface area contributed by atoms with Crippen LogP contribution < -0.4 is 0 Å². The van der Waals surface area contributed by atoms with Crippen molar-refractivity contribution in [3.05, 3.63) is 115 Å². The highest BCUT2D eigenvalue weighted by Gasteiger charge is 2.20. The Morgan fingerprint density at radius 2 is 1.18 bits per heavy atom. The fraction of sp³-hybridized carbons (Fsp3) is 0.0556. The molecule has 4 heterocycles. The van der Waals surface area contributed by atoms with E-state index in [0.717, 1.165) is 90.2 Å². The number of hydrogen-bond acceptors (Lipinski definition) is 4. The van der Waals surface area contributed by atoms with Gasteiger partial charge in [-0.3, -0.25) is 9.97 Å². The number of aromatic nitrogens is 2. The fourth-order valence-electron chi connectivity index (χ4n) is 6.47. The van der Waals surface area contributed by atoms with Crippen LogP contribution in [0.4, 0.5) is 0 Å². The van der Waals surface area contributed by atoms with Crippen molar-refractivity contribution in [2.24, 2.45) is 0 Å². The molecule has 0 saturated carbocycles. The topological polar surface area (TPSA) is 52.1 Å². The third-order valence-electron chi connectivity index (χ3n) is 8.29. The summed E-state index contributed by atoms with van der Waals surface area (Å²) >= 11 is 0. The van der Waals surface area contributed by atoms with Gasteiger partial charge in [0, 0.05) is 56.0 Å². The van der Waals surface area contributed by atoms with E-state index in [9.17, 15) is 0 Å². The maximum absolute atomic E-state index is 6.42. The van der Waals surface area contributed by atoms with Gasteiger partial charge in [-0.25, -0.2) is 0 Å². The predicted molar refractivity (Wildman–Crippen MR) is 162 cm³/mol. The molecular formula is C36H22N2O2. The Hall–Kier alpha value is -5.22. The average molecular weight is 515 g/mol. The van der Waals surface area contributed by atoms with Gasteiger partial charge in [0.2, 0.25) is 0 Å². The minimum atomic E-state index is 0.874. The third-order valence-corrected chi connectivity index (χ3v) is 8.29. The number of aryl methyl sites for hydroxylation is 1. The van der Waals surface area contributed by atoms with Crippen molar-refractivity contribution < 1.29 is 8.83 Å². The van der Waals surface area contributed by atoms with Crippen molar-refractivity contribution in [2.75, 3.05) is 0 Å². The standard InChI is InChI=1S/C36H22N2O2/c1-3-13-31-23(7-1)29-11-5-9-27(35(29)39-31)21-17-19-37-33-25(21)15-16-26-22(18-20-38-34(26)33)28-10-6-12-30-24-8-2-4-14-32(24)40-36(28)30/h1,3-7,9-20H,2,8H2. The zero-order valence-corrected chi connectivity index (χ0v) is 21.5. The highest BCUT2D eigenvalue weighted by atomic mass is 16.3. The van der Waals surface area contributed by atoms with E-state index >= 15 is 0 Å². The number of hydrogen-bond donors (Lipinski definition) is 0. The zero-order chi connectivity index (χ0) is 26.2. The number of rotatable bonds is 2. The summed E-state index contributed by atoms with van der Waals surface area (Å²) < 4.78 is 12.8. The van der Waals surface area contributed by atoms with E-state index in [-0.39, 0.29) is 0 Å². The quantitative estimate of drug-likeness (QED) is 0.215. The van der Waals surface area contributed by atoms with Crippen LogP contribution in [0.1, 0.15) is 17.7 Å². The normalized spacial score (nSPS) is 13.2. The van der Waals surface area contributed by atoms with Crippen LogP contribution >= 0.6 is 0 Å². The largest absolute Gasteiger partial charge is 0.456 e. The molecule has 0 fully saturated rings. The summed E-state index contributed by atoms with van der Waals surface area (Å²) in [4.78, 5) is 9.69. The van der Waals surface area contributed by atoms with E-state index in [4.69, 9.17) is 18.8 Å². The van der Waals surface area contributed by atoms with Crippen molar-refractivity contribution in [1.82, 2.24) is 9.97 Å². The van der Waals surface area contributed by atoms with Gasteiger partial charge in [-0.15, -0.1) is 0 Å². The summed E-state index contributed by atoms with van der Waals surface area (Å²) in [6.45, 7) is 0. The first kappa shape index (κ1) is 21.7. The van der Waals surface area contributed by atoms with Gasteiger partial charge in [0.25, 0.3) is 0 Å². The molecule has 0 aliphatic heterocycles. The first-order valence-electron chi connectivity index (χ1n) is 13.6. The third kappa shape index (κ3) is 2.96. The molecule has 0 saturated heterocycles. The van der Waals surface area contributed by atoms with Crippen LogP contribution in [-0.2, 0) is 6.42 Å². The first-order valence-corrected chi connectivity index (χ1v) is 13.6. The van der Waals surface area contributed by atoms with Crippen LogP contribution in [0.2, 0.25) is 0 Å². The Kier molecular flexibility index (Phi) is 4.41. The number of fused-ring (bicyclic) bond motifs is 9. The van der Waals surface area contributed by atoms with Crippen LogP contribution in [0.5, 0.6) is 0 Å². The van der Waals surface area contributed by atoms with Crippen molar-refractivity contribution in [2.45, 2.75) is 12.8 Å². The van der Waals surface area contributed by atoms with Crippen molar-refractivity contribution >= 4 is 60.8 Å². The molecule has 4 heteroatoms. The highest BCUT2D eigenvalue weighted by Crippen LogP contribution is 2.42. The lowest BCUT2D eigenvalue weighted by molar-refractivity contribution is 0.596. The number of allylic oxidation sites excluding steroid dienone is 1. The van der Waals surface area contributed by atoms with Gasteiger partial charge in [0.1, 0.15) is 22.5 Å². The second-order valence-electron chi connectivity index (χ2n) is 10.4. The molecule has 0 N–H and O–H groups in total. The number of para-hydroxylation sites is 3. The molecule has 40 heavy (non-hydrogen) atoms. The average Bonchev–Trinajstić information content (AvgIpc) is 3.59. The minimum absolute atomic E-state index is 0.874. The lowest BCUT2D eigenvalue weighted by Gasteiger charge is -2.11. The van der Waals surface area contributed by atoms with Crippen molar-refractivity contribution in [3.63, 3.8) is 0 Å². The highest BCUT2D eigenvalue weighted by molar-refractivity contribution is 6.16. The van der Waals surface area contributed by atoms with Gasteiger partial charge < -0.3 is 8.83 Å². The summed E-state index contributed by atoms with van der Waals surface area (Å²) in [7, 11) is 0. The molecule has 0 spiro atoms. The monoisotopic (exact) mass is 514 g/mol. The first-order chi connectivity index (χ1) is 19.8. The van der Waals surface area contributed by atoms with E-state index in [2.05, 4.69) is 84.9 Å². The van der Waals surface area contributed by atoms with Gasteiger partial charge in [-0.1, -0.05) is 72.8 Å². The lowest BCUT2D eigenvalue weighted by Crippen LogP contribution is -1.91. The van der Waals surface area contributed by atoms with Crippen LogP contribution in [0.15, 0.2) is 112 Å². The zero-order valence-electron chi connectivity index (χ0n) is 21.5. The fourth-order valence-corrected chi connectivity index (χ4v) is 6.47. The summed E-state index contributed by atoms with van der Waals surface area (Å²) in [5.74, 6) is 0.976. The Balaban J connectivity index is 1.29. The molecule has 4 nitrogen and oxygen atoms in total. The molecule has 0 atom stereocenters. The Bertz CT molecular complexity index is 2340. The second-order valence-corrected chi connectivity index (χ2v) is 10.4. The molecule has 0 bridgehead atoms. The van der Waals surface area contributed by atoms with Crippen LogP contribution in [0.25, 0.3) is 83.0 Å². The molecule has 1 aliphatic rings. The van der Waals surface area contributed by atoms with E-state index < -0.39 is 0 Å². The minimum Gasteiger partial charge on any atom is -0.456 e. The number of benzene rings is 4. The van der Waals surface area contributed by atoms with Crippen LogP contribution in [-0.4, -0.2) is 9.97 Å². The molecule has 0 unspecified atom stereocenters. The molecule has 9 rings (SSSR count). The Morgan fingerprint density at radius 1 is 0.525 bits per heavy atom. The van der Waals surface area contributed by atoms with E-state index in [1.807, 2.05) is 24.5 Å². The van der Waals surface area contributed by atoms with Gasteiger partial charge in [-0.2, -0.15) is 0 Å². The Labute approximate surface area is 229 Å². The number of furan rings is 2. The summed E-state index contributed by atoms with van der Waals surface area (Å²) in [6.07, 6.45) is 10.1. The van der Waals surface area contributed by atoms with E-state index in [0.29, 0.717) is 0 Å². The number of nitrogens with zero attached hydrogens (tertiary/aromatic N) is 2. The number of pyridine rings is 2. The van der Waals surface area contributed by atoms with Crippen LogP contribution in [0.3, 0.4) is 0 Å². The van der Waals surface area contributed by atoms with Crippen molar-refractivity contribution in [3.8, 4) is 22.3 Å². The molecule has 0 radical (unpaired) electrons. The molecule has 0 amide bonds. The SMILES string of the molecule is C1=Cc2oc3c(-c4ccnc5c4ccc4c(-c6cccc7c6oc6ccccc67)ccnc45)cccc3c2CC1.